The number of aryl methyl sites for hydroxylation is 1. The van der Waals surface area contributed by atoms with Gasteiger partial charge in [-0.05, 0) is 36.3 Å². The third kappa shape index (κ3) is 2.10. The van der Waals surface area contributed by atoms with Crippen LogP contribution >= 0.6 is 15.9 Å². The maximum atomic E-state index is 4.46. The maximum Gasteiger partial charge on any atom is 0.0705 e. The van der Waals surface area contributed by atoms with Gasteiger partial charge in [0.25, 0.3) is 0 Å². The van der Waals surface area contributed by atoms with E-state index in [-0.39, 0.29) is 0 Å². The monoisotopic (exact) mass is 261 g/mol. The molecule has 0 aliphatic heterocycles. The zero-order valence-corrected chi connectivity index (χ0v) is 10.2. The number of nitrogens with zero attached hydrogens (tertiary/aromatic N) is 1. The summed E-state index contributed by atoms with van der Waals surface area (Å²) in [6, 6.07) is 10.4. The number of hydrogen-bond donors (Lipinski definition) is 0. The largest absolute Gasteiger partial charge is 0.253 e. The SMILES string of the molecule is C=C(CBr)c1ccc2nc(C)ccc2c1. The highest BCUT2D eigenvalue weighted by molar-refractivity contribution is 9.09. The molecule has 2 heteroatoms. The topological polar surface area (TPSA) is 12.9 Å². The Kier molecular flexibility index (Phi) is 2.87. The van der Waals surface area contributed by atoms with Crippen LogP contribution in [0.2, 0.25) is 0 Å². The van der Waals surface area contributed by atoms with Gasteiger partial charge in [-0.25, -0.2) is 0 Å². The second-order valence-corrected chi connectivity index (χ2v) is 4.16. The molecule has 0 spiro atoms. The van der Waals surface area contributed by atoms with Crippen molar-refractivity contribution in [3.05, 3.63) is 48.2 Å². The van der Waals surface area contributed by atoms with E-state index in [4.69, 9.17) is 0 Å². The highest BCUT2D eigenvalue weighted by Crippen LogP contribution is 2.20. The first-order chi connectivity index (χ1) is 7.20. The lowest BCUT2D eigenvalue weighted by Crippen LogP contribution is -1.87. The molecule has 0 bridgehead atoms. The zero-order chi connectivity index (χ0) is 10.8. The molecule has 0 atom stereocenters. The molecular formula is C13H12BrN. The number of benzene rings is 1. The summed E-state index contributed by atoms with van der Waals surface area (Å²) in [5.41, 5.74) is 4.36. The molecule has 76 valence electrons. The summed E-state index contributed by atoms with van der Waals surface area (Å²) in [6.45, 7) is 6.01. The lowest BCUT2D eigenvalue weighted by Gasteiger charge is -2.04. The van der Waals surface area contributed by atoms with Gasteiger partial charge in [0.2, 0.25) is 0 Å². The maximum absolute atomic E-state index is 4.46. The number of rotatable bonds is 2. The van der Waals surface area contributed by atoms with Gasteiger partial charge in [0, 0.05) is 16.4 Å². The molecular weight excluding hydrogens is 250 g/mol. The van der Waals surface area contributed by atoms with Crippen LogP contribution < -0.4 is 0 Å². The summed E-state index contributed by atoms with van der Waals surface area (Å²) in [4.78, 5) is 4.46. The van der Waals surface area contributed by atoms with Crippen molar-refractivity contribution in [1.29, 1.82) is 0 Å². The Morgan fingerprint density at radius 2 is 2.13 bits per heavy atom. The molecule has 0 N–H and O–H groups in total. The highest BCUT2D eigenvalue weighted by atomic mass is 79.9. The molecule has 0 aliphatic carbocycles. The first-order valence-electron chi connectivity index (χ1n) is 4.82. The summed E-state index contributed by atoms with van der Waals surface area (Å²) >= 11 is 3.41. The van der Waals surface area contributed by atoms with Gasteiger partial charge in [0.15, 0.2) is 0 Å². The Labute approximate surface area is 98.0 Å². The minimum Gasteiger partial charge on any atom is -0.253 e. The van der Waals surface area contributed by atoms with Crippen LogP contribution in [-0.4, -0.2) is 10.3 Å². The van der Waals surface area contributed by atoms with E-state index in [0.29, 0.717) is 0 Å². The predicted molar refractivity (Wildman–Crippen MR) is 69.3 cm³/mol. The first-order valence-corrected chi connectivity index (χ1v) is 5.94. The van der Waals surface area contributed by atoms with E-state index in [1.807, 2.05) is 19.1 Å². The van der Waals surface area contributed by atoms with Crippen LogP contribution in [0.3, 0.4) is 0 Å². The van der Waals surface area contributed by atoms with Crippen LogP contribution in [-0.2, 0) is 0 Å². The molecule has 0 amide bonds. The second-order valence-electron chi connectivity index (χ2n) is 3.60. The number of allylic oxidation sites excluding steroid dienone is 1. The Balaban J connectivity index is 2.57. The van der Waals surface area contributed by atoms with Crippen LogP contribution in [0.25, 0.3) is 16.5 Å². The lowest BCUT2D eigenvalue weighted by atomic mass is 10.1. The average molecular weight is 262 g/mol. The van der Waals surface area contributed by atoms with Crippen molar-refractivity contribution in [2.24, 2.45) is 0 Å². The molecule has 0 aliphatic rings. The van der Waals surface area contributed by atoms with Gasteiger partial charge < -0.3 is 0 Å². The third-order valence-corrected chi connectivity index (χ3v) is 3.07. The fourth-order valence-corrected chi connectivity index (χ4v) is 1.85. The molecule has 1 heterocycles. The molecule has 2 rings (SSSR count). The minimum atomic E-state index is 0.803. The van der Waals surface area contributed by atoms with E-state index in [1.165, 1.54) is 10.9 Å². The number of aromatic nitrogens is 1. The zero-order valence-electron chi connectivity index (χ0n) is 8.63. The molecule has 0 saturated heterocycles. The second kappa shape index (κ2) is 4.15. The van der Waals surface area contributed by atoms with Crippen molar-refractivity contribution >= 4 is 32.4 Å². The first kappa shape index (κ1) is 10.4. The number of hydrogen-bond acceptors (Lipinski definition) is 1. The van der Waals surface area contributed by atoms with Crippen LogP contribution in [0.5, 0.6) is 0 Å². The van der Waals surface area contributed by atoms with E-state index >= 15 is 0 Å². The van der Waals surface area contributed by atoms with Crippen LogP contribution in [0, 0.1) is 6.92 Å². The number of halogens is 1. The summed E-state index contributed by atoms with van der Waals surface area (Å²) in [5, 5.41) is 1.97. The van der Waals surface area contributed by atoms with Gasteiger partial charge in [-0.3, -0.25) is 4.98 Å². The van der Waals surface area contributed by atoms with Gasteiger partial charge in [0.1, 0.15) is 0 Å². The lowest BCUT2D eigenvalue weighted by molar-refractivity contribution is 1.25. The minimum absolute atomic E-state index is 0.803. The summed E-state index contributed by atoms with van der Waals surface area (Å²) in [6.07, 6.45) is 0. The molecule has 0 fully saturated rings. The molecule has 1 aromatic carbocycles. The molecule has 1 aromatic heterocycles. The van der Waals surface area contributed by atoms with Crippen LogP contribution in [0.4, 0.5) is 0 Å². The Morgan fingerprint density at radius 3 is 2.87 bits per heavy atom. The third-order valence-electron chi connectivity index (χ3n) is 2.40. The Bertz CT molecular complexity index is 517. The van der Waals surface area contributed by atoms with Crippen LogP contribution in [0.15, 0.2) is 36.9 Å². The van der Waals surface area contributed by atoms with Crippen molar-refractivity contribution < 1.29 is 0 Å². The smallest absolute Gasteiger partial charge is 0.0705 e. The van der Waals surface area contributed by atoms with Crippen molar-refractivity contribution in [2.45, 2.75) is 6.92 Å². The summed E-state index contributed by atoms with van der Waals surface area (Å²) < 4.78 is 0. The van der Waals surface area contributed by atoms with Gasteiger partial charge in [0.05, 0.1) is 5.52 Å². The van der Waals surface area contributed by atoms with E-state index in [1.54, 1.807) is 0 Å². The standard InChI is InChI=1S/C13H12BrN/c1-9(8-14)11-5-6-13-12(7-11)4-3-10(2)15-13/h3-7H,1,8H2,2H3. The summed E-state index contributed by atoms with van der Waals surface area (Å²) in [5.74, 6) is 0. The molecule has 0 radical (unpaired) electrons. The van der Waals surface area contributed by atoms with Gasteiger partial charge in [-0.15, -0.1) is 0 Å². The highest BCUT2D eigenvalue weighted by Gasteiger charge is 2.00. The van der Waals surface area contributed by atoms with Crippen molar-refractivity contribution in [1.82, 2.24) is 4.98 Å². The molecule has 15 heavy (non-hydrogen) atoms. The normalized spacial score (nSPS) is 10.5. The summed E-state index contributed by atoms with van der Waals surface area (Å²) in [7, 11) is 0. The van der Waals surface area contributed by atoms with E-state index in [9.17, 15) is 0 Å². The fraction of sp³-hybridized carbons (Fsp3) is 0.154. The number of fused-ring (bicyclic) bond motifs is 1. The quantitative estimate of drug-likeness (QED) is 0.747. The van der Waals surface area contributed by atoms with E-state index in [2.05, 4.69) is 45.7 Å². The van der Waals surface area contributed by atoms with Gasteiger partial charge in [-0.2, -0.15) is 0 Å². The number of pyridine rings is 1. The van der Waals surface area contributed by atoms with E-state index < -0.39 is 0 Å². The Morgan fingerprint density at radius 1 is 1.33 bits per heavy atom. The average Bonchev–Trinajstić information content (AvgIpc) is 2.27. The number of alkyl halides is 1. The predicted octanol–water partition coefficient (Wildman–Crippen LogP) is 3.95. The molecule has 0 saturated carbocycles. The van der Waals surface area contributed by atoms with Gasteiger partial charge in [-0.1, -0.05) is 34.6 Å². The van der Waals surface area contributed by atoms with Crippen LogP contribution in [0.1, 0.15) is 11.3 Å². The Hall–Kier alpha value is -1.15. The van der Waals surface area contributed by atoms with Gasteiger partial charge >= 0.3 is 0 Å². The molecule has 2 aromatic rings. The molecule has 0 unspecified atom stereocenters. The van der Waals surface area contributed by atoms with Crippen molar-refractivity contribution in [3.8, 4) is 0 Å². The fourth-order valence-electron chi connectivity index (χ4n) is 1.52. The van der Waals surface area contributed by atoms with Crippen molar-refractivity contribution in [2.75, 3.05) is 5.33 Å². The van der Waals surface area contributed by atoms with E-state index in [0.717, 1.165) is 22.1 Å². The molecule has 1 nitrogen and oxygen atoms in total. The van der Waals surface area contributed by atoms with Crippen molar-refractivity contribution in [3.63, 3.8) is 0 Å².